The number of nitrogens with one attached hydrogen (secondary N) is 1. The van der Waals surface area contributed by atoms with Crippen molar-refractivity contribution in [3.05, 3.63) is 29.3 Å². The van der Waals surface area contributed by atoms with Gasteiger partial charge in [0.25, 0.3) is 0 Å². The number of hydrogen-bond donors (Lipinski definition) is 1. The van der Waals surface area contributed by atoms with Gasteiger partial charge < -0.3 is 10.2 Å². The lowest BCUT2D eigenvalue weighted by molar-refractivity contribution is 0.594. The van der Waals surface area contributed by atoms with E-state index in [1.54, 1.807) is 11.1 Å². The molecule has 2 aliphatic rings. The van der Waals surface area contributed by atoms with E-state index in [1.165, 1.54) is 18.7 Å². The summed E-state index contributed by atoms with van der Waals surface area (Å²) in [6.07, 6.45) is 1.19. The Morgan fingerprint density at radius 2 is 2.25 bits per heavy atom. The Morgan fingerprint density at radius 1 is 1.38 bits per heavy atom. The molecule has 0 saturated heterocycles. The molecule has 1 aromatic carbocycles. The maximum Gasteiger partial charge on any atom is 0.0408 e. The third kappa shape index (κ3) is 1.44. The molecular formula is C14H20N2. The van der Waals surface area contributed by atoms with Crippen molar-refractivity contribution in [1.29, 1.82) is 0 Å². The average molecular weight is 216 g/mol. The van der Waals surface area contributed by atoms with Crippen LogP contribution in [0.25, 0.3) is 0 Å². The van der Waals surface area contributed by atoms with Crippen LogP contribution in [0.4, 0.5) is 5.69 Å². The van der Waals surface area contributed by atoms with Gasteiger partial charge in [-0.15, -0.1) is 0 Å². The van der Waals surface area contributed by atoms with Gasteiger partial charge in [0.15, 0.2) is 0 Å². The molecule has 0 aliphatic carbocycles. The Labute approximate surface area is 97.6 Å². The number of anilines is 1. The Morgan fingerprint density at radius 3 is 3.06 bits per heavy atom. The number of rotatable bonds is 1. The summed E-state index contributed by atoms with van der Waals surface area (Å²) in [6, 6.07) is 7.43. The number of benzene rings is 1. The summed E-state index contributed by atoms with van der Waals surface area (Å²) in [5.74, 6) is 0.705. The average Bonchev–Trinajstić information content (AvgIpc) is 2.51. The fourth-order valence-electron chi connectivity index (χ4n) is 3.12. The van der Waals surface area contributed by atoms with Crippen molar-refractivity contribution in [3.8, 4) is 0 Å². The first-order valence-corrected chi connectivity index (χ1v) is 6.36. The van der Waals surface area contributed by atoms with E-state index >= 15 is 0 Å². The standard InChI is InChI=1S/C14H20N2/c1-10(2)16-9-12-8-15-7-6-11-4-3-5-13(16)14(11)12/h3-5,10,12,15H,6-9H2,1-2H3. The smallest absolute Gasteiger partial charge is 0.0408 e. The van der Waals surface area contributed by atoms with Gasteiger partial charge in [0, 0.05) is 30.7 Å². The molecule has 0 aromatic heterocycles. The van der Waals surface area contributed by atoms with Gasteiger partial charge in [-0.2, -0.15) is 0 Å². The third-order valence-corrected chi connectivity index (χ3v) is 3.89. The van der Waals surface area contributed by atoms with Gasteiger partial charge in [-0.25, -0.2) is 0 Å². The van der Waals surface area contributed by atoms with Crippen LogP contribution in [0.1, 0.15) is 30.9 Å². The predicted octanol–water partition coefficient (Wildman–Crippen LogP) is 2.14. The van der Waals surface area contributed by atoms with E-state index in [1.807, 2.05) is 0 Å². The van der Waals surface area contributed by atoms with E-state index in [2.05, 4.69) is 42.3 Å². The molecule has 86 valence electrons. The predicted molar refractivity (Wildman–Crippen MR) is 68.2 cm³/mol. The highest BCUT2D eigenvalue weighted by molar-refractivity contribution is 5.64. The molecule has 0 radical (unpaired) electrons. The summed E-state index contributed by atoms with van der Waals surface area (Å²) >= 11 is 0. The van der Waals surface area contributed by atoms with Crippen molar-refractivity contribution < 1.29 is 0 Å². The van der Waals surface area contributed by atoms with Crippen LogP contribution in [-0.4, -0.2) is 25.7 Å². The van der Waals surface area contributed by atoms with E-state index in [4.69, 9.17) is 0 Å². The van der Waals surface area contributed by atoms with Crippen molar-refractivity contribution in [2.24, 2.45) is 0 Å². The Balaban J connectivity index is 2.10. The second kappa shape index (κ2) is 3.77. The second-order valence-corrected chi connectivity index (χ2v) is 5.25. The summed E-state index contributed by atoms with van der Waals surface area (Å²) in [5.41, 5.74) is 4.68. The van der Waals surface area contributed by atoms with E-state index in [9.17, 15) is 0 Å². The minimum atomic E-state index is 0.610. The molecule has 1 atom stereocenters. The maximum absolute atomic E-state index is 3.56. The highest BCUT2D eigenvalue weighted by atomic mass is 15.2. The minimum absolute atomic E-state index is 0.610. The number of hydrogen-bond acceptors (Lipinski definition) is 2. The lowest BCUT2D eigenvalue weighted by Gasteiger charge is -2.25. The molecule has 0 amide bonds. The van der Waals surface area contributed by atoms with Gasteiger partial charge in [0.2, 0.25) is 0 Å². The molecule has 2 aliphatic heterocycles. The summed E-state index contributed by atoms with van der Waals surface area (Å²) in [6.45, 7) is 8.05. The second-order valence-electron chi connectivity index (χ2n) is 5.25. The molecule has 16 heavy (non-hydrogen) atoms. The molecule has 3 rings (SSSR count). The van der Waals surface area contributed by atoms with Crippen molar-refractivity contribution in [2.45, 2.75) is 32.2 Å². The van der Waals surface area contributed by atoms with Crippen molar-refractivity contribution in [3.63, 3.8) is 0 Å². The molecule has 2 heteroatoms. The lowest BCUT2D eigenvalue weighted by Crippen LogP contribution is -2.32. The van der Waals surface area contributed by atoms with Crippen LogP contribution in [0, 0.1) is 0 Å². The molecule has 0 bridgehead atoms. The highest BCUT2D eigenvalue weighted by Gasteiger charge is 2.32. The van der Waals surface area contributed by atoms with Crippen LogP contribution in [0.15, 0.2) is 18.2 Å². The molecule has 2 nitrogen and oxygen atoms in total. The molecule has 2 heterocycles. The first-order valence-electron chi connectivity index (χ1n) is 6.36. The highest BCUT2D eigenvalue weighted by Crippen LogP contribution is 2.40. The first-order chi connectivity index (χ1) is 7.77. The zero-order valence-corrected chi connectivity index (χ0v) is 10.2. The third-order valence-electron chi connectivity index (χ3n) is 3.89. The van der Waals surface area contributed by atoms with Crippen molar-refractivity contribution in [1.82, 2.24) is 5.32 Å². The normalized spacial score (nSPS) is 23.4. The topological polar surface area (TPSA) is 15.3 Å². The van der Waals surface area contributed by atoms with Crippen molar-refractivity contribution in [2.75, 3.05) is 24.5 Å². The molecular weight excluding hydrogens is 196 g/mol. The zero-order valence-electron chi connectivity index (χ0n) is 10.2. The molecule has 0 fully saturated rings. The Bertz CT molecular complexity index is 398. The van der Waals surface area contributed by atoms with Crippen LogP contribution >= 0.6 is 0 Å². The molecule has 0 spiro atoms. The summed E-state index contributed by atoms with van der Waals surface area (Å²) < 4.78 is 0. The molecule has 1 unspecified atom stereocenters. The maximum atomic E-state index is 3.56. The van der Waals surface area contributed by atoms with Gasteiger partial charge in [-0.3, -0.25) is 0 Å². The largest absolute Gasteiger partial charge is 0.368 e. The molecule has 1 aromatic rings. The molecule has 1 N–H and O–H groups in total. The van der Waals surface area contributed by atoms with E-state index < -0.39 is 0 Å². The quantitative estimate of drug-likeness (QED) is 0.774. The monoisotopic (exact) mass is 216 g/mol. The van der Waals surface area contributed by atoms with Gasteiger partial charge in [0.1, 0.15) is 0 Å². The fourth-order valence-corrected chi connectivity index (χ4v) is 3.12. The van der Waals surface area contributed by atoms with Gasteiger partial charge in [-0.1, -0.05) is 12.1 Å². The summed E-state index contributed by atoms with van der Waals surface area (Å²) in [4.78, 5) is 2.55. The molecule has 0 saturated carbocycles. The van der Waals surface area contributed by atoms with E-state index in [-0.39, 0.29) is 0 Å². The van der Waals surface area contributed by atoms with Crippen molar-refractivity contribution >= 4 is 5.69 Å². The lowest BCUT2D eigenvalue weighted by atomic mass is 9.96. The van der Waals surface area contributed by atoms with Crippen LogP contribution < -0.4 is 10.2 Å². The van der Waals surface area contributed by atoms with Gasteiger partial charge in [-0.05, 0) is 44.0 Å². The van der Waals surface area contributed by atoms with Gasteiger partial charge in [0.05, 0.1) is 0 Å². The summed E-state index contributed by atoms with van der Waals surface area (Å²) in [5, 5.41) is 3.56. The fraction of sp³-hybridized carbons (Fsp3) is 0.571. The zero-order chi connectivity index (χ0) is 11.1. The Kier molecular flexibility index (Phi) is 2.40. The Hall–Kier alpha value is -1.02. The van der Waals surface area contributed by atoms with Crippen LogP contribution in [0.2, 0.25) is 0 Å². The van der Waals surface area contributed by atoms with Gasteiger partial charge >= 0.3 is 0 Å². The van der Waals surface area contributed by atoms with Crippen LogP contribution in [-0.2, 0) is 6.42 Å². The number of nitrogens with zero attached hydrogens (tertiary/aromatic N) is 1. The van der Waals surface area contributed by atoms with E-state index in [0.717, 1.165) is 13.1 Å². The van der Waals surface area contributed by atoms with Crippen LogP contribution in [0.5, 0.6) is 0 Å². The SMILES string of the molecule is CC(C)N1CC2CNCCc3cccc1c32. The first kappa shape index (κ1) is 10.2. The van der Waals surface area contributed by atoms with Crippen LogP contribution in [0.3, 0.4) is 0 Å². The summed E-state index contributed by atoms with van der Waals surface area (Å²) in [7, 11) is 0. The van der Waals surface area contributed by atoms with E-state index in [0.29, 0.717) is 12.0 Å². The minimum Gasteiger partial charge on any atom is -0.368 e.